The number of ether oxygens (including phenoxy) is 1. The highest BCUT2D eigenvalue weighted by Crippen LogP contribution is 2.39. The van der Waals surface area contributed by atoms with Gasteiger partial charge in [-0.2, -0.15) is 0 Å². The van der Waals surface area contributed by atoms with E-state index >= 15 is 0 Å². The molecule has 0 unspecified atom stereocenters. The molecule has 2 saturated heterocycles. The van der Waals surface area contributed by atoms with E-state index in [2.05, 4.69) is 10.5 Å². The molecule has 4 rings (SSSR count). The van der Waals surface area contributed by atoms with Gasteiger partial charge in [0.25, 0.3) is 0 Å². The van der Waals surface area contributed by atoms with E-state index in [0.717, 1.165) is 11.3 Å². The first-order chi connectivity index (χ1) is 13.9. The fourth-order valence-corrected chi connectivity index (χ4v) is 6.10. The van der Waals surface area contributed by atoms with Crippen LogP contribution in [-0.4, -0.2) is 56.9 Å². The monoisotopic (exact) mass is 420 g/mol. The molecular formula is C21H28N2O5S. The molecular weight excluding hydrogens is 392 g/mol. The fourth-order valence-electron chi connectivity index (χ4n) is 4.42. The minimum Gasteiger partial charge on any atom is -0.392 e. The van der Waals surface area contributed by atoms with Crippen molar-refractivity contribution >= 4 is 21.5 Å². The Morgan fingerprint density at radius 1 is 1.24 bits per heavy atom. The molecule has 3 aliphatic heterocycles. The number of aryl methyl sites for hydroxylation is 1. The Morgan fingerprint density at radius 2 is 1.97 bits per heavy atom. The molecule has 0 aromatic heterocycles. The molecule has 2 atom stereocenters. The molecule has 0 radical (unpaired) electrons. The van der Waals surface area contributed by atoms with Gasteiger partial charge in [-0.25, -0.2) is 8.42 Å². The summed E-state index contributed by atoms with van der Waals surface area (Å²) in [6.45, 7) is 3.09. The van der Waals surface area contributed by atoms with Gasteiger partial charge in [0, 0.05) is 32.1 Å². The van der Waals surface area contributed by atoms with Crippen molar-refractivity contribution in [1.29, 1.82) is 0 Å². The van der Waals surface area contributed by atoms with E-state index in [-0.39, 0.29) is 29.6 Å². The summed E-state index contributed by atoms with van der Waals surface area (Å²) in [5.74, 6) is 0.106. The first kappa shape index (κ1) is 20.3. The predicted molar refractivity (Wildman–Crippen MR) is 110 cm³/mol. The zero-order valence-corrected chi connectivity index (χ0v) is 17.5. The zero-order chi connectivity index (χ0) is 20.5. The van der Waals surface area contributed by atoms with Crippen LogP contribution < -0.4 is 5.32 Å². The lowest BCUT2D eigenvalue weighted by Crippen LogP contribution is -2.50. The molecule has 1 aromatic carbocycles. The highest BCUT2D eigenvalue weighted by Gasteiger charge is 2.45. The Morgan fingerprint density at radius 3 is 2.62 bits per heavy atom. The van der Waals surface area contributed by atoms with Crippen molar-refractivity contribution < 1.29 is 22.8 Å². The first-order valence-electron chi connectivity index (χ1n) is 10.2. The summed E-state index contributed by atoms with van der Waals surface area (Å²) >= 11 is 0. The number of carbonyl (C=O) groups excluding carboxylic acids is 1. The molecule has 1 amide bonds. The number of hydrogen-bond donors (Lipinski definition) is 1. The van der Waals surface area contributed by atoms with Crippen LogP contribution in [0.3, 0.4) is 0 Å². The molecule has 1 N–H and O–H groups in total. The van der Waals surface area contributed by atoms with Gasteiger partial charge in [-0.05, 0) is 31.7 Å². The predicted octanol–water partition coefficient (Wildman–Crippen LogP) is 1.98. The number of nitrogens with one attached hydrogen (secondary N) is 1. The van der Waals surface area contributed by atoms with Gasteiger partial charge in [0.05, 0.1) is 22.6 Å². The first-order valence-corrected chi connectivity index (χ1v) is 12.1. The number of rotatable bonds is 5. The summed E-state index contributed by atoms with van der Waals surface area (Å²) in [5.41, 5.74) is 2.53. The lowest BCUT2D eigenvalue weighted by Gasteiger charge is -2.37. The molecule has 0 bridgehead atoms. The van der Waals surface area contributed by atoms with Crippen LogP contribution in [0.15, 0.2) is 29.4 Å². The third-order valence-corrected chi connectivity index (χ3v) is 8.00. The van der Waals surface area contributed by atoms with E-state index in [0.29, 0.717) is 45.3 Å². The van der Waals surface area contributed by atoms with Crippen molar-refractivity contribution in [2.75, 3.05) is 24.7 Å². The smallest absolute Gasteiger partial charge is 0.226 e. The Balaban J connectivity index is 1.42. The largest absolute Gasteiger partial charge is 0.392 e. The van der Waals surface area contributed by atoms with Crippen LogP contribution in [0.25, 0.3) is 0 Å². The van der Waals surface area contributed by atoms with Crippen LogP contribution in [0.1, 0.15) is 43.2 Å². The van der Waals surface area contributed by atoms with Gasteiger partial charge in [0.15, 0.2) is 9.84 Å². The van der Waals surface area contributed by atoms with Crippen molar-refractivity contribution in [3.05, 3.63) is 35.4 Å². The fraction of sp³-hybridized carbons (Fsp3) is 0.619. The van der Waals surface area contributed by atoms with E-state index in [1.807, 2.05) is 31.2 Å². The lowest BCUT2D eigenvalue weighted by molar-refractivity contribution is -0.140. The molecule has 8 heteroatoms. The standard InChI is InChI=1S/C21H28N2O5S/c1-15-2-4-16(5-3-15)19-12-18(28-23-19)13-21(7-9-27-10-8-21)20(24)22-17-6-11-29(25,26)14-17/h2-5,17-18H,6-14H2,1H3,(H,22,24)/t17-,18+/m1/s1. The average molecular weight is 421 g/mol. The van der Waals surface area contributed by atoms with Gasteiger partial charge in [-0.1, -0.05) is 35.0 Å². The van der Waals surface area contributed by atoms with Crippen molar-refractivity contribution in [2.24, 2.45) is 10.6 Å². The number of benzene rings is 1. The summed E-state index contributed by atoms with van der Waals surface area (Å²) < 4.78 is 29.0. The second kappa shape index (κ2) is 8.07. The van der Waals surface area contributed by atoms with E-state index < -0.39 is 15.3 Å². The van der Waals surface area contributed by atoms with Crippen molar-refractivity contribution in [2.45, 2.75) is 51.2 Å². The molecule has 29 heavy (non-hydrogen) atoms. The maximum atomic E-state index is 13.2. The molecule has 2 fully saturated rings. The summed E-state index contributed by atoms with van der Waals surface area (Å²) in [5, 5.41) is 7.27. The second-order valence-electron chi connectivity index (χ2n) is 8.51. The van der Waals surface area contributed by atoms with Gasteiger partial charge in [-0.3, -0.25) is 4.79 Å². The quantitative estimate of drug-likeness (QED) is 0.786. The summed E-state index contributed by atoms with van der Waals surface area (Å²) in [6.07, 6.45) is 2.76. The number of nitrogens with zero attached hydrogens (tertiary/aromatic N) is 1. The van der Waals surface area contributed by atoms with Crippen molar-refractivity contribution in [3.63, 3.8) is 0 Å². The maximum absolute atomic E-state index is 13.2. The van der Waals surface area contributed by atoms with E-state index in [1.165, 1.54) is 5.56 Å². The molecule has 158 valence electrons. The van der Waals surface area contributed by atoms with E-state index in [9.17, 15) is 13.2 Å². The molecule has 3 heterocycles. The van der Waals surface area contributed by atoms with Gasteiger partial charge in [0.2, 0.25) is 5.91 Å². The molecule has 0 saturated carbocycles. The van der Waals surface area contributed by atoms with E-state index in [4.69, 9.17) is 9.57 Å². The molecule has 1 aromatic rings. The minimum atomic E-state index is -3.04. The van der Waals surface area contributed by atoms with Gasteiger partial charge >= 0.3 is 0 Å². The highest BCUT2D eigenvalue weighted by atomic mass is 32.2. The molecule has 3 aliphatic rings. The summed E-state index contributed by atoms with van der Waals surface area (Å²) in [7, 11) is -3.04. The van der Waals surface area contributed by atoms with Crippen LogP contribution in [-0.2, 0) is 24.2 Å². The Labute approximate surface area is 171 Å². The summed E-state index contributed by atoms with van der Waals surface area (Å²) in [4.78, 5) is 18.9. The lowest BCUT2D eigenvalue weighted by atomic mass is 9.74. The SMILES string of the molecule is Cc1ccc(C2=NO[C@H](CC3(C(=O)N[C@@H]4CCS(=O)(=O)C4)CCOCC3)C2)cc1. The second-order valence-corrected chi connectivity index (χ2v) is 10.7. The van der Waals surface area contributed by atoms with Gasteiger partial charge in [-0.15, -0.1) is 0 Å². The van der Waals surface area contributed by atoms with Crippen LogP contribution in [0.5, 0.6) is 0 Å². The number of sulfone groups is 1. The topological polar surface area (TPSA) is 94.1 Å². The van der Waals surface area contributed by atoms with Gasteiger partial charge < -0.3 is 14.9 Å². The Bertz CT molecular complexity index is 888. The highest BCUT2D eigenvalue weighted by molar-refractivity contribution is 7.91. The van der Waals surface area contributed by atoms with E-state index in [1.54, 1.807) is 0 Å². The minimum absolute atomic E-state index is 0.0337. The third-order valence-electron chi connectivity index (χ3n) is 6.24. The average Bonchev–Trinajstić information content (AvgIpc) is 3.29. The molecule has 0 spiro atoms. The van der Waals surface area contributed by atoms with Crippen LogP contribution in [0, 0.1) is 12.3 Å². The number of carbonyl (C=O) groups is 1. The van der Waals surface area contributed by atoms with Crippen LogP contribution in [0.2, 0.25) is 0 Å². The molecule has 0 aliphatic carbocycles. The number of hydrogen-bond acceptors (Lipinski definition) is 6. The van der Waals surface area contributed by atoms with Crippen molar-refractivity contribution in [1.82, 2.24) is 5.32 Å². The van der Waals surface area contributed by atoms with Crippen LogP contribution in [0.4, 0.5) is 0 Å². The number of amides is 1. The van der Waals surface area contributed by atoms with Gasteiger partial charge in [0.1, 0.15) is 6.10 Å². The maximum Gasteiger partial charge on any atom is 0.226 e. The Kier molecular flexibility index (Phi) is 5.66. The zero-order valence-electron chi connectivity index (χ0n) is 16.7. The Hall–Kier alpha value is -1.93. The van der Waals surface area contributed by atoms with Crippen molar-refractivity contribution in [3.8, 4) is 0 Å². The summed E-state index contributed by atoms with van der Waals surface area (Å²) in [6, 6.07) is 7.88. The molecule has 7 nitrogen and oxygen atoms in total. The third kappa shape index (κ3) is 4.64. The number of oxime groups is 1. The van der Waals surface area contributed by atoms with Crippen LogP contribution >= 0.6 is 0 Å². The normalized spacial score (nSPS) is 27.8.